The second kappa shape index (κ2) is 4.98. The molecule has 21 heavy (non-hydrogen) atoms. The first-order valence-corrected chi connectivity index (χ1v) is 7.80. The molecule has 2 saturated heterocycles. The Morgan fingerprint density at radius 2 is 2.10 bits per heavy atom. The van der Waals surface area contributed by atoms with E-state index in [9.17, 15) is 9.18 Å². The summed E-state index contributed by atoms with van der Waals surface area (Å²) in [6.07, 6.45) is 3.33. The Kier molecular flexibility index (Phi) is 3.10. The van der Waals surface area contributed by atoms with E-state index in [0.29, 0.717) is 30.5 Å². The molecule has 112 valence electrons. The maximum absolute atomic E-state index is 14.3. The Morgan fingerprint density at radius 3 is 3.00 bits per heavy atom. The number of halogens is 1. The molecule has 0 aromatic heterocycles. The van der Waals surface area contributed by atoms with E-state index in [1.807, 2.05) is 0 Å². The Morgan fingerprint density at radius 1 is 1.24 bits per heavy atom. The predicted octanol–water partition coefficient (Wildman–Crippen LogP) is 2.22. The van der Waals surface area contributed by atoms with Gasteiger partial charge >= 0.3 is 0 Å². The Bertz CT molecular complexity index is 589. The second-order valence-corrected chi connectivity index (χ2v) is 6.43. The molecule has 3 aliphatic rings. The zero-order valence-corrected chi connectivity index (χ0v) is 12.0. The van der Waals surface area contributed by atoms with Gasteiger partial charge in [-0.2, -0.15) is 0 Å². The van der Waals surface area contributed by atoms with E-state index in [2.05, 4.69) is 15.5 Å². The van der Waals surface area contributed by atoms with E-state index >= 15 is 0 Å². The van der Waals surface area contributed by atoms with E-state index in [1.165, 1.54) is 13.0 Å². The number of carbonyl (C=O) groups excluding carboxylic acids is 1. The van der Waals surface area contributed by atoms with Gasteiger partial charge in [-0.3, -0.25) is 4.79 Å². The number of aryl methyl sites for hydroxylation is 1. The number of anilines is 2. The third kappa shape index (κ3) is 2.39. The minimum Gasteiger partial charge on any atom is -0.380 e. The van der Waals surface area contributed by atoms with Crippen LogP contribution in [0.15, 0.2) is 12.1 Å². The maximum Gasteiger partial charge on any atom is 0.224 e. The van der Waals surface area contributed by atoms with Crippen molar-refractivity contribution in [1.82, 2.24) is 4.90 Å². The number of fused-ring (bicyclic) bond motifs is 3. The molecule has 1 aromatic rings. The zero-order valence-electron chi connectivity index (χ0n) is 12.0. The van der Waals surface area contributed by atoms with Crippen molar-refractivity contribution >= 4 is 17.3 Å². The molecule has 2 N–H and O–H groups in total. The molecule has 1 amide bonds. The number of hydrogen-bond acceptors (Lipinski definition) is 3. The van der Waals surface area contributed by atoms with E-state index in [4.69, 9.17) is 0 Å². The molecular formula is C16H20FN3O. The van der Waals surface area contributed by atoms with Crippen LogP contribution in [-0.4, -0.2) is 36.5 Å². The minimum atomic E-state index is -0.203. The number of amides is 1. The summed E-state index contributed by atoms with van der Waals surface area (Å²) in [6, 6.07) is 3.68. The molecule has 3 atom stereocenters. The number of carbonyl (C=O) groups is 1. The van der Waals surface area contributed by atoms with Crippen LogP contribution >= 0.6 is 0 Å². The summed E-state index contributed by atoms with van der Waals surface area (Å²) in [5.74, 6) is 0.429. The predicted molar refractivity (Wildman–Crippen MR) is 79.9 cm³/mol. The van der Waals surface area contributed by atoms with Crippen molar-refractivity contribution in [2.75, 3.05) is 30.3 Å². The largest absolute Gasteiger partial charge is 0.380 e. The lowest BCUT2D eigenvalue weighted by Crippen LogP contribution is -2.39. The quantitative estimate of drug-likeness (QED) is 0.877. The van der Waals surface area contributed by atoms with Crippen LogP contribution in [0, 0.1) is 11.7 Å². The van der Waals surface area contributed by atoms with Gasteiger partial charge in [0.25, 0.3) is 0 Å². The fraction of sp³-hybridized carbons (Fsp3) is 0.562. The van der Waals surface area contributed by atoms with Crippen molar-refractivity contribution in [3.63, 3.8) is 0 Å². The van der Waals surface area contributed by atoms with Gasteiger partial charge in [-0.1, -0.05) is 0 Å². The number of benzene rings is 1. The number of nitrogens with zero attached hydrogens (tertiary/aromatic N) is 1. The lowest BCUT2D eigenvalue weighted by Gasteiger charge is -2.32. The monoisotopic (exact) mass is 289 g/mol. The summed E-state index contributed by atoms with van der Waals surface area (Å²) in [4.78, 5) is 14.0. The minimum absolute atomic E-state index is 0.0177. The molecule has 1 aromatic carbocycles. The van der Waals surface area contributed by atoms with Gasteiger partial charge in [-0.05, 0) is 49.4 Å². The number of piperidine rings is 1. The van der Waals surface area contributed by atoms with Crippen LogP contribution in [-0.2, 0) is 11.2 Å². The van der Waals surface area contributed by atoms with E-state index in [-0.39, 0.29) is 11.7 Å². The Balaban J connectivity index is 1.57. The molecular weight excluding hydrogens is 269 g/mol. The van der Waals surface area contributed by atoms with Gasteiger partial charge in [0.1, 0.15) is 5.82 Å². The number of rotatable bonds is 2. The van der Waals surface area contributed by atoms with Crippen molar-refractivity contribution < 1.29 is 9.18 Å². The Hall–Kier alpha value is -1.62. The summed E-state index contributed by atoms with van der Waals surface area (Å²) in [5.41, 5.74) is 2.19. The molecule has 0 spiro atoms. The highest BCUT2D eigenvalue weighted by molar-refractivity contribution is 5.94. The highest BCUT2D eigenvalue weighted by Gasteiger charge is 2.34. The topological polar surface area (TPSA) is 44.4 Å². The van der Waals surface area contributed by atoms with Crippen LogP contribution < -0.4 is 10.6 Å². The molecule has 2 bridgehead atoms. The molecule has 3 heterocycles. The first-order valence-electron chi connectivity index (χ1n) is 7.80. The SMILES string of the molecule is O=C1CCc2cc(F)c(NC3CCN4CCC3C4)cc2N1. The first-order chi connectivity index (χ1) is 10.2. The summed E-state index contributed by atoms with van der Waals surface area (Å²) >= 11 is 0. The number of hydrogen-bond donors (Lipinski definition) is 2. The smallest absolute Gasteiger partial charge is 0.224 e. The van der Waals surface area contributed by atoms with E-state index < -0.39 is 0 Å². The lowest BCUT2D eigenvalue weighted by atomic mass is 9.93. The second-order valence-electron chi connectivity index (χ2n) is 6.43. The van der Waals surface area contributed by atoms with Crippen LogP contribution in [0.25, 0.3) is 0 Å². The van der Waals surface area contributed by atoms with Gasteiger partial charge in [0.2, 0.25) is 5.91 Å². The van der Waals surface area contributed by atoms with Crippen LogP contribution in [0.2, 0.25) is 0 Å². The molecule has 5 heteroatoms. The number of nitrogens with one attached hydrogen (secondary N) is 2. The van der Waals surface area contributed by atoms with Crippen molar-refractivity contribution in [2.24, 2.45) is 5.92 Å². The first kappa shape index (κ1) is 13.1. The van der Waals surface area contributed by atoms with Crippen LogP contribution in [0.5, 0.6) is 0 Å². The van der Waals surface area contributed by atoms with Crippen LogP contribution in [0.3, 0.4) is 0 Å². The molecule has 0 saturated carbocycles. The fourth-order valence-corrected chi connectivity index (χ4v) is 3.85. The lowest BCUT2D eigenvalue weighted by molar-refractivity contribution is -0.116. The van der Waals surface area contributed by atoms with E-state index in [0.717, 1.165) is 30.8 Å². The third-order valence-corrected chi connectivity index (χ3v) is 5.06. The summed E-state index contributed by atoms with van der Waals surface area (Å²) in [7, 11) is 0. The highest BCUT2D eigenvalue weighted by Crippen LogP contribution is 2.33. The van der Waals surface area contributed by atoms with Gasteiger partial charge in [0, 0.05) is 31.2 Å². The van der Waals surface area contributed by atoms with Gasteiger partial charge < -0.3 is 15.5 Å². The van der Waals surface area contributed by atoms with Gasteiger partial charge in [-0.15, -0.1) is 0 Å². The summed E-state index contributed by atoms with van der Waals surface area (Å²) in [6.45, 7) is 3.39. The Labute approximate surface area is 123 Å². The standard InChI is InChI=1S/C16H20FN3O/c17-12-7-10-1-2-16(21)19-14(10)8-15(12)18-13-4-6-20-5-3-11(13)9-20/h7-8,11,13,18H,1-6,9H2,(H,19,21). The third-order valence-electron chi connectivity index (χ3n) is 5.06. The fourth-order valence-electron chi connectivity index (χ4n) is 3.85. The van der Waals surface area contributed by atoms with Crippen LogP contribution in [0.4, 0.5) is 15.8 Å². The van der Waals surface area contributed by atoms with Crippen molar-refractivity contribution in [3.8, 4) is 0 Å². The molecule has 3 aliphatic heterocycles. The van der Waals surface area contributed by atoms with E-state index in [1.54, 1.807) is 12.1 Å². The highest BCUT2D eigenvalue weighted by atomic mass is 19.1. The van der Waals surface area contributed by atoms with Crippen molar-refractivity contribution in [3.05, 3.63) is 23.5 Å². The average Bonchev–Trinajstić information content (AvgIpc) is 2.86. The van der Waals surface area contributed by atoms with Crippen molar-refractivity contribution in [2.45, 2.75) is 31.7 Å². The van der Waals surface area contributed by atoms with Gasteiger partial charge in [0.15, 0.2) is 0 Å². The zero-order chi connectivity index (χ0) is 14.4. The molecule has 0 radical (unpaired) electrons. The summed E-state index contributed by atoms with van der Waals surface area (Å²) in [5, 5.41) is 6.23. The molecule has 2 fully saturated rings. The van der Waals surface area contributed by atoms with Crippen molar-refractivity contribution in [1.29, 1.82) is 0 Å². The van der Waals surface area contributed by atoms with Crippen LogP contribution in [0.1, 0.15) is 24.8 Å². The van der Waals surface area contributed by atoms with Gasteiger partial charge in [-0.25, -0.2) is 4.39 Å². The normalized spacial score (nSPS) is 30.7. The van der Waals surface area contributed by atoms with Gasteiger partial charge in [0.05, 0.1) is 5.69 Å². The molecule has 4 nitrogen and oxygen atoms in total. The maximum atomic E-state index is 14.3. The molecule has 4 rings (SSSR count). The molecule has 0 aliphatic carbocycles. The molecule has 3 unspecified atom stereocenters. The summed E-state index contributed by atoms with van der Waals surface area (Å²) < 4.78 is 14.3. The average molecular weight is 289 g/mol.